The molecule has 1 N–H and O–H groups in total. The molecule has 0 bridgehead atoms. The minimum Gasteiger partial charge on any atom is -0.339 e. The molecule has 1 saturated carbocycles. The fourth-order valence-electron chi connectivity index (χ4n) is 2.43. The molecule has 0 unspecified atom stereocenters. The molecule has 1 heterocycles. The minimum atomic E-state index is 0.530. The number of hydrogen-bond acceptors (Lipinski definition) is 4. The highest BCUT2D eigenvalue weighted by atomic mass is 16.5. The number of nitrogens with one attached hydrogen (secondary N) is 1. The second-order valence-corrected chi connectivity index (χ2v) is 5.11. The van der Waals surface area contributed by atoms with E-state index in [2.05, 4.69) is 29.3 Å². The first kappa shape index (κ1) is 12.6. The Kier molecular flexibility index (Phi) is 4.54. The molecule has 0 spiro atoms. The zero-order chi connectivity index (χ0) is 12.1. The third kappa shape index (κ3) is 3.53. The molecule has 0 aliphatic heterocycles. The van der Waals surface area contributed by atoms with Gasteiger partial charge in [-0.25, -0.2) is 0 Å². The van der Waals surface area contributed by atoms with Crippen LogP contribution in [-0.4, -0.2) is 23.2 Å². The van der Waals surface area contributed by atoms with Gasteiger partial charge in [0.25, 0.3) is 0 Å². The first-order chi connectivity index (χ1) is 8.29. The summed E-state index contributed by atoms with van der Waals surface area (Å²) in [5.74, 6) is 3.11. The molecule has 1 aliphatic rings. The second-order valence-electron chi connectivity index (χ2n) is 5.11. The van der Waals surface area contributed by atoms with Gasteiger partial charge in [-0.3, -0.25) is 0 Å². The molecule has 1 aromatic heterocycles. The van der Waals surface area contributed by atoms with E-state index in [9.17, 15) is 0 Å². The van der Waals surface area contributed by atoms with Gasteiger partial charge >= 0.3 is 0 Å². The van der Waals surface area contributed by atoms with Crippen molar-refractivity contribution in [3.05, 3.63) is 11.7 Å². The molecule has 0 amide bonds. The number of rotatable bonds is 5. The molecular weight excluding hydrogens is 214 g/mol. The SMILES string of the molecule is CCNCCc1nc(C2CCC(C)CC2)no1. The van der Waals surface area contributed by atoms with Gasteiger partial charge in [0.05, 0.1) is 0 Å². The highest BCUT2D eigenvalue weighted by Crippen LogP contribution is 2.33. The van der Waals surface area contributed by atoms with Gasteiger partial charge in [0.1, 0.15) is 0 Å². The van der Waals surface area contributed by atoms with Gasteiger partial charge in [-0.1, -0.05) is 31.8 Å². The van der Waals surface area contributed by atoms with Gasteiger partial charge < -0.3 is 9.84 Å². The maximum Gasteiger partial charge on any atom is 0.227 e. The molecular formula is C13H23N3O. The number of likely N-dealkylation sites (N-methyl/N-ethyl adjacent to an activating group) is 1. The maximum absolute atomic E-state index is 5.29. The van der Waals surface area contributed by atoms with E-state index >= 15 is 0 Å². The van der Waals surface area contributed by atoms with Crippen molar-refractivity contribution in [2.24, 2.45) is 5.92 Å². The monoisotopic (exact) mass is 237 g/mol. The van der Waals surface area contributed by atoms with E-state index in [-0.39, 0.29) is 0 Å². The predicted octanol–water partition coefficient (Wildman–Crippen LogP) is 2.52. The Hall–Kier alpha value is -0.900. The van der Waals surface area contributed by atoms with Crippen molar-refractivity contribution >= 4 is 0 Å². The average Bonchev–Trinajstić information content (AvgIpc) is 2.79. The van der Waals surface area contributed by atoms with Crippen LogP contribution < -0.4 is 5.32 Å². The lowest BCUT2D eigenvalue weighted by molar-refractivity contribution is 0.323. The molecule has 4 nitrogen and oxygen atoms in total. The Balaban J connectivity index is 1.85. The van der Waals surface area contributed by atoms with Gasteiger partial charge in [0.15, 0.2) is 5.82 Å². The summed E-state index contributed by atoms with van der Waals surface area (Å²) in [7, 11) is 0. The summed E-state index contributed by atoms with van der Waals surface area (Å²) in [5.41, 5.74) is 0. The third-order valence-electron chi connectivity index (χ3n) is 3.63. The van der Waals surface area contributed by atoms with Gasteiger partial charge in [-0.2, -0.15) is 4.98 Å². The Morgan fingerprint density at radius 3 is 2.76 bits per heavy atom. The van der Waals surface area contributed by atoms with E-state index < -0.39 is 0 Å². The molecule has 1 fully saturated rings. The van der Waals surface area contributed by atoms with E-state index in [0.717, 1.165) is 37.1 Å². The normalized spacial score (nSPS) is 25.1. The molecule has 0 saturated heterocycles. The lowest BCUT2D eigenvalue weighted by Crippen LogP contribution is -2.16. The number of nitrogens with zero attached hydrogens (tertiary/aromatic N) is 2. The van der Waals surface area contributed by atoms with E-state index in [4.69, 9.17) is 4.52 Å². The Morgan fingerprint density at radius 1 is 1.29 bits per heavy atom. The number of hydrogen-bond donors (Lipinski definition) is 1. The van der Waals surface area contributed by atoms with Crippen LogP contribution in [0.1, 0.15) is 57.2 Å². The van der Waals surface area contributed by atoms with Crippen LogP contribution in [0.5, 0.6) is 0 Å². The Bertz CT molecular complexity index is 329. The molecule has 4 heteroatoms. The van der Waals surface area contributed by atoms with Crippen LogP contribution >= 0.6 is 0 Å². The second kappa shape index (κ2) is 6.15. The van der Waals surface area contributed by atoms with E-state index in [1.807, 2.05) is 0 Å². The first-order valence-corrected chi connectivity index (χ1v) is 6.82. The largest absolute Gasteiger partial charge is 0.339 e. The summed E-state index contributed by atoms with van der Waals surface area (Å²) in [6.07, 6.45) is 5.86. The summed E-state index contributed by atoms with van der Waals surface area (Å²) in [4.78, 5) is 4.51. The summed E-state index contributed by atoms with van der Waals surface area (Å²) in [5, 5.41) is 7.39. The van der Waals surface area contributed by atoms with Crippen molar-refractivity contribution < 1.29 is 4.52 Å². The smallest absolute Gasteiger partial charge is 0.227 e. The summed E-state index contributed by atoms with van der Waals surface area (Å²) in [6.45, 7) is 6.33. The fraction of sp³-hybridized carbons (Fsp3) is 0.846. The lowest BCUT2D eigenvalue weighted by atomic mass is 9.83. The van der Waals surface area contributed by atoms with Crippen molar-refractivity contribution in [2.75, 3.05) is 13.1 Å². The van der Waals surface area contributed by atoms with Crippen LogP contribution in [-0.2, 0) is 6.42 Å². The molecule has 0 atom stereocenters. The van der Waals surface area contributed by atoms with Crippen LogP contribution in [0.3, 0.4) is 0 Å². The highest BCUT2D eigenvalue weighted by molar-refractivity contribution is 4.97. The molecule has 17 heavy (non-hydrogen) atoms. The van der Waals surface area contributed by atoms with Crippen LogP contribution in [0.15, 0.2) is 4.52 Å². The van der Waals surface area contributed by atoms with Crippen molar-refractivity contribution in [1.82, 2.24) is 15.5 Å². The Labute approximate surface area is 103 Å². The van der Waals surface area contributed by atoms with Crippen LogP contribution in [0.4, 0.5) is 0 Å². The summed E-state index contributed by atoms with van der Waals surface area (Å²) >= 11 is 0. The molecule has 96 valence electrons. The van der Waals surface area contributed by atoms with Crippen LogP contribution in [0.25, 0.3) is 0 Å². The zero-order valence-corrected chi connectivity index (χ0v) is 10.9. The van der Waals surface area contributed by atoms with Gasteiger partial charge in [-0.15, -0.1) is 0 Å². The first-order valence-electron chi connectivity index (χ1n) is 6.82. The van der Waals surface area contributed by atoms with Crippen LogP contribution in [0, 0.1) is 5.92 Å². The zero-order valence-electron chi connectivity index (χ0n) is 10.9. The van der Waals surface area contributed by atoms with Crippen molar-refractivity contribution in [3.8, 4) is 0 Å². The van der Waals surface area contributed by atoms with Crippen molar-refractivity contribution in [1.29, 1.82) is 0 Å². The predicted molar refractivity (Wildman–Crippen MR) is 66.9 cm³/mol. The standard InChI is InChI=1S/C13H23N3O/c1-3-14-9-8-12-15-13(16-17-12)11-6-4-10(2)5-7-11/h10-11,14H,3-9H2,1-2H3. The molecule has 1 aromatic rings. The molecule has 0 radical (unpaired) electrons. The summed E-state index contributed by atoms with van der Waals surface area (Å²) in [6, 6.07) is 0. The topological polar surface area (TPSA) is 51.0 Å². The molecule has 0 aromatic carbocycles. The molecule has 1 aliphatic carbocycles. The van der Waals surface area contributed by atoms with E-state index in [1.54, 1.807) is 0 Å². The van der Waals surface area contributed by atoms with Crippen LogP contribution in [0.2, 0.25) is 0 Å². The fourth-order valence-corrected chi connectivity index (χ4v) is 2.43. The minimum absolute atomic E-state index is 0.530. The highest BCUT2D eigenvalue weighted by Gasteiger charge is 2.23. The van der Waals surface area contributed by atoms with Gasteiger partial charge in [0, 0.05) is 18.9 Å². The van der Waals surface area contributed by atoms with Gasteiger partial charge in [0.2, 0.25) is 5.89 Å². The number of aromatic nitrogens is 2. The van der Waals surface area contributed by atoms with E-state index in [0.29, 0.717) is 5.92 Å². The Morgan fingerprint density at radius 2 is 2.06 bits per heavy atom. The summed E-state index contributed by atoms with van der Waals surface area (Å²) < 4.78 is 5.29. The quantitative estimate of drug-likeness (QED) is 0.799. The van der Waals surface area contributed by atoms with Crippen molar-refractivity contribution in [3.63, 3.8) is 0 Å². The average molecular weight is 237 g/mol. The van der Waals surface area contributed by atoms with Gasteiger partial charge in [-0.05, 0) is 25.3 Å². The lowest BCUT2D eigenvalue weighted by Gasteiger charge is -2.23. The maximum atomic E-state index is 5.29. The van der Waals surface area contributed by atoms with E-state index in [1.165, 1.54) is 25.7 Å². The van der Waals surface area contributed by atoms with Crippen molar-refractivity contribution in [2.45, 2.75) is 51.9 Å². The third-order valence-corrected chi connectivity index (χ3v) is 3.63. The molecule has 2 rings (SSSR count).